The molecule has 0 saturated heterocycles. The highest BCUT2D eigenvalue weighted by Crippen LogP contribution is 2.24. The number of nitrogens with zero attached hydrogens (tertiary/aromatic N) is 2. The summed E-state index contributed by atoms with van der Waals surface area (Å²) in [7, 11) is 0. The van der Waals surface area contributed by atoms with Gasteiger partial charge in [-0.15, -0.1) is 0 Å². The van der Waals surface area contributed by atoms with Crippen LogP contribution in [0.15, 0.2) is 30.6 Å². The number of rotatable bonds is 5. The Morgan fingerprint density at radius 3 is 3.10 bits per heavy atom. The Morgan fingerprint density at radius 2 is 2.30 bits per heavy atom. The molecule has 3 N–H and O–H groups in total. The Kier molecular flexibility index (Phi) is 3.62. The summed E-state index contributed by atoms with van der Waals surface area (Å²) in [5.41, 5.74) is 2.27. The number of aromatic nitrogens is 3. The number of hydrogen-bond acceptors (Lipinski definition) is 4. The van der Waals surface area contributed by atoms with E-state index in [0.29, 0.717) is 6.54 Å². The Morgan fingerprint density at radius 1 is 1.40 bits per heavy atom. The van der Waals surface area contributed by atoms with E-state index in [-0.39, 0.29) is 11.9 Å². The fourth-order valence-corrected chi connectivity index (χ4v) is 2.40. The van der Waals surface area contributed by atoms with E-state index in [1.54, 1.807) is 0 Å². The molecule has 1 aromatic heterocycles. The summed E-state index contributed by atoms with van der Waals surface area (Å²) in [6.45, 7) is 0.647. The number of fused-ring (bicyclic) bond motifs is 1. The fraction of sp³-hybridized carbons (Fsp3) is 0.357. The zero-order chi connectivity index (χ0) is 13.8. The SMILES string of the molecule is O=C(NCCCc1ncn[nH]1)C1Cc2ccccc2N1. The average Bonchev–Trinajstić information content (AvgIpc) is 3.12. The molecule has 6 nitrogen and oxygen atoms in total. The highest BCUT2D eigenvalue weighted by molar-refractivity contribution is 5.87. The minimum absolute atomic E-state index is 0.0544. The van der Waals surface area contributed by atoms with Gasteiger partial charge in [0.1, 0.15) is 18.2 Å². The lowest BCUT2D eigenvalue weighted by Crippen LogP contribution is -2.38. The largest absolute Gasteiger partial charge is 0.373 e. The van der Waals surface area contributed by atoms with Crippen LogP contribution in [0.4, 0.5) is 5.69 Å². The normalized spacial score (nSPS) is 16.5. The van der Waals surface area contributed by atoms with Gasteiger partial charge in [0.2, 0.25) is 5.91 Å². The zero-order valence-electron chi connectivity index (χ0n) is 11.1. The Labute approximate surface area is 117 Å². The first-order chi connectivity index (χ1) is 9.83. The summed E-state index contributed by atoms with van der Waals surface area (Å²) in [6.07, 6.45) is 3.89. The smallest absolute Gasteiger partial charge is 0.242 e. The molecule has 1 unspecified atom stereocenters. The molecular weight excluding hydrogens is 254 g/mol. The Bertz CT molecular complexity index is 556. The lowest BCUT2D eigenvalue weighted by Gasteiger charge is -2.11. The third-order valence-corrected chi connectivity index (χ3v) is 3.44. The van der Waals surface area contributed by atoms with Crippen molar-refractivity contribution in [3.8, 4) is 0 Å². The van der Waals surface area contributed by atoms with Gasteiger partial charge in [0.15, 0.2) is 0 Å². The number of carbonyl (C=O) groups excluding carboxylic acids is 1. The molecule has 1 aliphatic heterocycles. The molecule has 2 aromatic rings. The zero-order valence-corrected chi connectivity index (χ0v) is 11.1. The van der Waals surface area contributed by atoms with Crippen LogP contribution >= 0.6 is 0 Å². The van der Waals surface area contributed by atoms with Crippen molar-refractivity contribution >= 4 is 11.6 Å². The van der Waals surface area contributed by atoms with E-state index in [1.807, 2.05) is 18.2 Å². The van der Waals surface area contributed by atoms with Crippen molar-refractivity contribution < 1.29 is 4.79 Å². The van der Waals surface area contributed by atoms with Gasteiger partial charge in [0.05, 0.1) is 0 Å². The molecule has 0 spiro atoms. The molecule has 1 aromatic carbocycles. The lowest BCUT2D eigenvalue weighted by molar-refractivity contribution is -0.121. The number of aromatic amines is 1. The molecule has 0 radical (unpaired) electrons. The van der Waals surface area contributed by atoms with Crippen LogP contribution in [-0.4, -0.2) is 33.7 Å². The van der Waals surface area contributed by atoms with Crippen LogP contribution in [0.1, 0.15) is 17.8 Å². The monoisotopic (exact) mass is 271 g/mol. The number of hydrogen-bond donors (Lipinski definition) is 3. The summed E-state index contributed by atoms with van der Waals surface area (Å²) in [6, 6.07) is 7.88. The van der Waals surface area contributed by atoms with Crippen molar-refractivity contribution in [3.05, 3.63) is 42.0 Å². The maximum absolute atomic E-state index is 12.1. The summed E-state index contributed by atoms with van der Waals surface area (Å²) in [5.74, 6) is 0.907. The molecular formula is C14H17N5O. The number of carbonyl (C=O) groups is 1. The number of aryl methyl sites for hydroxylation is 1. The van der Waals surface area contributed by atoms with Gasteiger partial charge in [-0.1, -0.05) is 18.2 Å². The molecule has 3 rings (SSSR count). The van der Waals surface area contributed by atoms with Crippen LogP contribution in [-0.2, 0) is 17.6 Å². The predicted octanol–water partition coefficient (Wildman–Crippen LogP) is 0.890. The first kappa shape index (κ1) is 12.7. The van der Waals surface area contributed by atoms with Crippen molar-refractivity contribution in [2.75, 3.05) is 11.9 Å². The molecule has 1 aliphatic rings. The van der Waals surface area contributed by atoms with Gasteiger partial charge in [0.25, 0.3) is 0 Å². The molecule has 104 valence electrons. The minimum Gasteiger partial charge on any atom is -0.373 e. The maximum atomic E-state index is 12.1. The van der Waals surface area contributed by atoms with Gasteiger partial charge in [-0.2, -0.15) is 5.10 Å². The van der Waals surface area contributed by atoms with Gasteiger partial charge >= 0.3 is 0 Å². The molecule has 0 aliphatic carbocycles. The Balaban J connectivity index is 1.42. The van der Waals surface area contributed by atoms with Crippen LogP contribution in [0.2, 0.25) is 0 Å². The van der Waals surface area contributed by atoms with Crippen molar-refractivity contribution in [2.24, 2.45) is 0 Å². The van der Waals surface area contributed by atoms with Crippen molar-refractivity contribution in [3.63, 3.8) is 0 Å². The van der Waals surface area contributed by atoms with Gasteiger partial charge in [0, 0.05) is 25.1 Å². The fourth-order valence-electron chi connectivity index (χ4n) is 2.40. The number of H-pyrrole nitrogens is 1. The molecule has 0 fully saturated rings. The molecule has 0 saturated carbocycles. The highest BCUT2D eigenvalue weighted by Gasteiger charge is 2.25. The topological polar surface area (TPSA) is 82.7 Å². The molecule has 0 bridgehead atoms. The van der Waals surface area contributed by atoms with Crippen LogP contribution in [0.25, 0.3) is 0 Å². The summed E-state index contributed by atoms with van der Waals surface area (Å²) < 4.78 is 0. The lowest BCUT2D eigenvalue weighted by atomic mass is 10.1. The van der Waals surface area contributed by atoms with Crippen molar-refractivity contribution in [2.45, 2.75) is 25.3 Å². The molecule has 20 heavy (non-hydrogen) atoms. The van der Waals surface area contributed by atoms with Crippen LogP contribution in [0.5, 0.6) is 0 Å². The second-order valence-corrected chi connectivity index (χ2v) is 4.88. The summed E-state index contributed by atoms with van der Waals surface area (Å²) in [5, 5.41) is 12.8. The predicted molar refractivity (Wildman–Crippen MR) is 75.3 cm³/mol. The van der Waals surface area contributed by atoms with Crippen LogP contribution in [0.3, 0.4) is 0 Å². The quantitative estimate of drug-likeness (QED) is 0.705. The molecule has 1 atom stereocenters. The first-order valence-corrected chi connectivity index (χ1v) is 6.79. The number of benzene rings is 1. The number of amides is 1. The minimum atomic E-state index is -0.155. The van der Waals surface area contributed by atoms with E-state index in [4.69, 9.17) is 0 Å². The number of para-hydroxylation sites is 1. The number of anilines is 1. The van der Waals surface area contributed by atoms with Crippen LogP contribution in [0, 0.1) is 0 Å². The van der Waals surface area contributed by atoms with Gasteiger partial charge in [-0.3, -0.25) is 9.89 Å². The number of nitrogens with one attached hydrogen (secondary N) is 3. The summed E-state index contributed by atoms with van der Waals surface area (Å²) >= 11 is 0. The van der Waals surface area contributed by atoms with E-state index >= 15 is 0 Å². The van der Waals surface area contributed by atoms with Crippen LogP contribution < -0.4 is 10.6 Å². The summed E-state index contributed by atoms with van der Waals surface area (Å²) in [4.78, 5) is 16.1. The van der Waals surface area contributed by atoms with Gasteiger partial charge in [-0.25, -0.2) is 4.98 Å². The van der Waals surface area contributed by atoms with E-state index in [2.05, 4.69) is 31.9 Å². The second-order valence-electron chi connectivity index (χ2n) is 4.88. The third kappa shape index (κ3) is 2.79. The first-order valence-electron chi connectivity index (χ1n) is 6.79. The van der Waals surface area contributed by atoms with Crippen molar-refractivity contribution in [1.82, 2.24) is 20.5 Å². The standard InChI is InChI=1S/C14H17N5O/c20-14(15-7-3-6-13-16-9-17-19-13)12-8-10-4-1-2-5-11(10)18-12/h1-2,4-5,9,12,18H,3,6-8H2,(H,15,20)(H,16,17,19). The van der Waals surface area contributed by atoms with Crippen molar-refractivity contribution in [1.29, 1.82) is 0 Å². The molecule has 2 heterocycles. The van der Waals surface area contributed by atoms with E-state index in [0.717, 1.165) is 30.8 Å². The Hall–Kier alpha value is -2.37. The van der Waals surface area contributed by atoms with E-state index in [1.165, 1.54) is 11.9 Å². The third-order valence-electron chi connectivity index (χ3n) is 3.44. The van der Waals surface area contributed by atoms with Gasteiger partial charge < -0.3 is 10.6 Å². The molecule has 6 heteroatoms. The van der Waals surface area contributed by atoms with E-state index < -0.39 is 0 Å². The second kappa shape index (κ2) is 5.73. The van der Waals surface area contributed by atoms with Gasteiger partial charge in [-0.05, 0) is 18.1 Å². The highest BCUT2D eigenvalue weighted by atomic mass is 16.2. The van der Waals surface area contributed by atoms with E-state index in [9.17, 15) is 4.79 Å². The maximum Gasteiger partial charge on any atom is 0.242 e. The molecule has 1 amide bonds. The average molecular weight is 271 g/mol.